The van der Waals surface area contributed by atoms with Crippen LogP contribution in [-0.4, -0.2) is 91.7 Å². The van der Waals surface area contributed by atoms with Crippen molar-refractivity contribution in [3.8, 4) is 6.01 Å². The summed E-state index contributed by atoms with van der Waals surface area (Å²) in [5, 5.41) is 0. The van der Waals surface area contributed by atoms with Crippen LogP contribution >= 0.6 is 0 Å². The molecule has 230 valence electrons. The second kappa shape index (κ2) is 13.2. The highest BCUT2D eigenvalue weighted by Crippen LogP contribution is 2.38. The Kier molecular flexibility index (Phi) is 9.45. The number of nitrogens with zero attached hydrogens (tertiary/aromatic N) is 7. The maximum atomic E-state index is 14.8. The molecule has 43 heavy (non-hydrogen) atoms. The summed E-state index contributed by atoms with van der Waals surface area (Å²) < 4.78 is 35.3. The number of carbonyl (C=O) groups excluding carboxylic acids is 1. The van der Waals surface area contributed by atoms with E-state index in [0.717, 1.165) is 49.7 Å². The van der Waals surface area contributed by atoms with Crippen molar-refractivity contribution in [2.45, 2.75) is 51.1 Å². The van der Waals surface area contributed by atoms with Gasteiger partial charge in [-0.05, 0) is 51.6 Å². The Bertz CT molecular complexity index is 1370. The lowest BCUT2D eigenvalue weighted by Gasteiger charge is -2.41. The summed E-state index contributed by atoms with van der Waals surface area (Å²) in [6.45, 7) is 14.8. The van der Waals surface area contributed by atoms with Crippen molar-refractivity contribution in [2.75, 3.05) is 69.8 Å². The largest absolute Gasteiger partial charge is 0.463 e. The Balaban J connectivity index is 1.48. The van der Waals surface area contributed by atoms with E-state index < -0.39 is 11.6 Å². The van der Waals surface area contributed by atoms with E-state index in [1.165, 1.54) is 18.6 Å². The number of ether oxygens (including phenoxy) is 1. The minimum Gasteiger partial charge on any atom is -0.463 e. The molecule has 3 aliphatic rings. The summed E-state index contributed by atoms with van der Waals surface area (Å²) in [4.78, 5) is 33.7. The molecule has 0 spiro atoms. The summed E-state index contributed by atoms with van der Waals surface area (Å²) in [6, 6.07) is 4.18. The van der Waals surface area contributed by atoms with Gasteiger partial charge in [0, 0.05) is 43.7 Å². The molecule has 0 N–H and O–H groups in total. The van der Waals surface area contributed by atoms with E-state index in [1.807, 2.05) is 0 Å². The minimum atomic E-state index is -0.882. The van der Waals surface area contributed by atoms with E-state index in [0.29, 0.717) is 44.9 Å². The molecule has 5 rings (SSSR count). The molecular formula is C32H41F2N7O2. The monoisotopic (exact) mass is 593 g/mol. The number of hydrogen-bond donors (Lipinski definition) is 0. The Morgan fingerprint density at radius 3 is 2.70 bits per heavy atom. The first-order chi connectivity index (χ1) is 20.7. The maximum absolute atomic E-state index is 14.8. The molecule has 1 aromatic carbocycles. The molecule has 11 heteroatoms. The molecule has 0 bridgehead atoms. The molecule has 9 nitrogen and oxygen atoms in total. The molecule has 1 saturated heterocycles. The fourth-order valence-corrected chi connectivity index (χ4v) is 6.91. The van der Waals surface area contributed by atoms with Crippen LogP contribution in [0.5, 0.6) is 6.01 Å². The van der Waals surface area contributed by atoms with Gasteiger partial charge in [-0.25, -0.2) is 15.4 Å². The molecule has 2 aromatic rings. The molecular weight excluding hydrogens is 552 g/mol. The summed E-state index contributed by atoms with van der Waals surface area (Å²) in [7, 11) is 4.17. The SMILES string of the molecule is [C-]#[N+]C[C@H]1CN(c2nc(OCC3(CN(C)C)CCCCC3)nc3c2CCN(c2cccc(F)c2F)C3)CCN1C(=O)C=C. The van der Waals surface area contributed by atoms with Crippen LogP contribution in [0.25, 0.3) is 4.85 Å². The van der Waals surface area contributed by atoms with Gasteiger partial charge in [-0.15, -0.1) is 0 Å². The second-order valence-corrected chi connectivity index (χ2v) is 12.3. The molecule has 1 atom stereocenters. The van der Waals surface area contributed by atoms with E-state index in [9.17, 15) is 13.6 Å². The van der Waals surface area contributed by atoms with Crippen LogP contribution in [0.4, 0.5) is 20.3 Å². The molecule has 1 aromatic heterocycles. The Labute approximate surface area is 252 Å². The first-order valence-corrected chi connectivity index (χ1v) is 15.1. The van der Waals surface area contributed by atoms with Gasteiger partial charge in [-0.3, -0.25) is 4.79 Å². The maximum Gasteiger partial charge on any atom is 0.318 e. The van der Waals surface area contributed by atoms with Crippen molar-refractivity contribution < 1.29 is 18.3 Å². The van der Waals surface area contributed by atoms with E-state index in [4.69, 9.17) is 21.3 Å². The number of halogens is 2. The van der Waals surface area contributed by atoms with Gasteiger partial charge in [-0.2, -0.15) is 9.97 Å². The highest BCUT2D eigenvalue weighted by Gasteiger charge is 2.37. The van der Waals surface area contributed by atoms with E-state index in [2.05, 4.69) is 35.3 Å². The average Bonchev–Trinajstić information content (AvgIpc) is 3.00. The topological polar surface area (TPSA) is 69.4 Å². The van der Waals surface area contributed by atoms with Gasteiger partial charge in [-0.1, -0.05) is 31.9 Å². The fourth-order valence-electron chi connectivity index (χ4n) is 6.91. The molecule has 1 amide bonds. The number of piperazine rings is 1. The number of anilines is 2. The van der Waals surface area contributed by atoms with Gasteiger partial charge < -0.3 is 29.2 Å². The van der Waals surface area contributed by atoms with Gasteiger partial charge in [0.2, 0.25) is 12.5 Å². The van der Waals surface area contributed by atoms with Crippen LogP contribution in [0.1, 0.15) is 43.4 Å². The third kappa shape index (κ3) is 6.74. The zero-order chi connectivity index (χ0) is 30.6. The first-order valence-electron chi connectivity index (χ1n) is 15.1. The predicted octanol–water partition coefficient (Wildman–Crippen LogP) is 4.33. The number of aromatic nitrogens is 2. The van der Waals surface area contributed by atoms with Gasteiger partial charge in [0.15, 0.2) is 11.6 Å². The summed E-state index contributed by atoms with van der Waals surface area (Å²) >= 11 is 0. The molecule has 2 fully saturated rings. The molecule has 2 aliphatic heterocycles. The Hall–Kier alpha value is -3.78. The molecule has 0 unspecified atom stereocenters. The summed E-state index contributed by atoms with van der Waals surface area (Å²) in [5.41, 5.74) is 1.86. The minimum absolute atomic E-state index is 0.00923. The lowest BCUT2D eigenvalue weighted by molar-refractivity contribution is -0.128. The highest BCUT2D eigenvalue weighted by atomic mass is 19.2. The lowest BCUT2D eigenvalue weighted by Crippen LogP contribution is -2.56. The number of rotatable bonds is 9. The second-order valence-electron chi connectivity index (χ2n) is 12.3. The van der Waals surface area contributed by atoms with Crippen LogP contribution in [0.3, 0.4) is 0 Å². The van der Waals surface area contributed by atoms with Crippen molar-refractivity contribution >= 4 is 17.4 Å². The van der Waals surface area contributed by atoms with Gasteiger partial charge in [0.1, 0.15) is 11.9 Å². The number of benzene rings is 1. The third-order valence-corrected chi connectivity index (χ3v) is 8.91. The van der Waals surface area contributed by atoms with Gasteiger partial charge in [0.05, 0.1) is 24.5 Å². The zero-order valence-electron chi connectivity index (χ0n) is 25.2. The Morgan fingerprint density at radius 1 is 1.19 bits per heavy atom. The fraction of sp³-hybridized carbons (Fsp3) is 0.562. The van der Waals surface area contributed by atoms with E-state index >= 15 is 0 Å². The number of hydrogen-bond acceptors (Lipinski definition) is 7. The van der Waals surface area contributed by atoms with Gasteiger partial charge >= 0.3 is 6.01 Å². The molecule has 1 saturated carbocycles. The van der Waals surface area contributed by atoms with Crippen molar-refractivity contribution in [3.63, 3.8) is 0 Å². The predicted molar refractivity (Wildman–Crippen MR) is 162 cm³/mol. The molecule has 3 heterocycles. The van der Waals surface area contributed by atoms with Gasteiger partial charge in [0.25, 0.3) is 0 Å². The van der Waals surface area contributed by atoms with Crippen LogP contribution in [0, 0.1) is 23.6 Å². The highest BCUT2D eigenvalue weighted by molar-refractivity contribution is 5.87. The average molecular weight is 594 g/mol. The van der Waals surface area contributed by atoms with Crippen LogP contribution in [0.2, 0.25) is 0 Å². The molecule has 1 aliphatic carbocycles. The van der Waals surface area contributed by atoms with Crippen LogP contribution < -0.4 is 14.5 Å². The van der Waals surface area contributed by atoms with Crippen LogP contribution in [-0.2, 0) is 17.8 Å². The smallest absolute Gasteiger partial charge is 0.318 e. The van der Waals surface area contributed by atoms with Crippen molar-refractivity contribution in [3.05, 3.63) is 65.2 Å². The van der Waals surface area contributed by atoms with Crippen LogP contribution in [0.15, 0.2) is 30.9 Å². The van der Waals surface area contributed by atoms with E-state index in [-0.39, 0.29) is 42.2 Å². The van der Waals surface area contributed by atoms with Crippen molar-refractivity contribution in [2.24, 2.45) is 5.41 Å². The quantitative estimate of drug-likeness (QED) is 0.317. The first kappa shape index (κ1) is 30.7. The number of amides is 1. The molecule has 0 radical (unpaired) electrons. The standard InChI is InChI=1S/C32H41F2N7O2/c1-5-28(42)41-17-16-40(19-23(41)18-35-2)30-24-12-15-39(27-11-9-10-25(33)29(27)34)20-26(24)36-31(37-30)43-22-32(21-38(3)4)13-7-6-8-14-32/h5,9-11,23H,1,6-8,12-22H2,3-4H3/t23-/m0/s1. The number of fused-ring (bicyclic) bond motifs is 1. The zero-order valence-corrected chi connectivity index (χ0v) is 25.2. The van der Waals surface area contributed by atoms with Crippen molar-refractivity contribution in [1.29, 1.82) is 0 Å². The number of carbonyl (C=O) groups is 1. The summed E-state index contributed by atoms with van der Waals surface area (Å²) in [5.74, 6) is -1.21. The third-order valence-electron chi connectivity index (χ3n) is 8.91. The van der Waals surface area contributed by atoms with E-state index in [1.54, 1.807) is 15.9 Å². The lowest BCUT2D eigenvalue weighted by atomic mass is 9.74. The van der Waals surface area contributed by atoms with Crippen molar-refractivity contribution in [1.82, 2.24) is 19.8 Å². The summed E-state index contributed by atoms with van der Waals surface area (Å²) in [6.07, 6.45) is 7.54. The Morgan fingerprint density at radius 2 is 1.98 bits per heavy atom. The normalized spacial score (nSPS) is 20.0.